The van der Waals surface area contributed by atoms with E-state index in [1.54, 1.807) is 0 Å². The van der Waals surface area contributed by atoms with Gasteiger partial charge in [0, 0.05) is 25.3 Å². The first-order valence-electron chi connectivity index (χ1n) is 9.66. The number of nitrogens with one attached hydrogen (secondary N) is 2. The molecule has 2 aliphatic rings. The predicted octanol–water partition coefficient (Wildman–Crippen LogP) is 1.68. The topological polar surface area (TPSA) is 89.1 Å². The molecule has 0 aromatic heterocycles. The van der Waals surface area contributed by atoms with E-state index in [2.05, 4.69) is 15.5 Å². The molecule has 30 heavy (non-hydrogen) atoms. The zero-order valence-electron chi connectivity index (χ0n) is 16.2. The van der Waals surface area contributed by atoms with Crippen molar-refractivity contribution in [2.45, 2.75) is 6.04 Å². The van der Waals surface area contributed by atoms with Gasteiger partial charge in [0.1, 0.15) is 5.82 Å². The van der Waals surface area contributed by atoms with Crippen molar-refractivity contribution in [3.63, 3.8) is 0 Å². The van der Waals surface area contributed by atoms with E-state index in [0.29, 0.717) is 37.8 Å². The minimum atomic E-state index is -0.855. The maximum atomic E-state index is 13.3. The first kappa shape index (κ1) is 20.1. The summed E-state index contributed by atoms with van der Waals surface area (Å²) in [5.41, 5.74) is 1.16. The number of benzene rings is 2. The molecule has 0 aliphatic carbocycles. The van der Waals surface area contributed by atoms with E-state index in [0.717, 1.165) is 11.6 Å². The lowest BCUT2D eigenvalue weighted by atomic mass is 10.0. The third-order valence-electron chi connectivity index (χ3n) is 5.01. The van der Waals surface area contributed by atoms with E-state index < -0.39 is 17.6 Å². The number of amides is 2. The van der Waals surface area contributed by atoms with Gasteiger partial charge in [-0.1, -0.05) is 12.1 Å². The van der Waals surface area contributed by atoms with Gasteiger partial charge in [0.05, 0.1) is 19.3 Å². The van der Waals surface area contributed by atoms with E-state index in [1.807, 2.05) is 18.2 Å². The van der Waals surface area contributed by atoms with Crippen molar-refractivity contribution in [1.29, 1.82) is 0 Å². The fourth-order valence-corrected chi connectivity index (χ4v) is 3.49. The Morgan fingerprint density at radius 3 is 2.63 bits per heavy atom. The number of carbonyl (C=O) groups is 2. The molecular formula is C21H22FN3O5. The van der Waals surface area contributed by atoms with Gasteiger partial charge >= 0.3 is 11.8 Å². The van der Waals surface area contributed by atoms with Gasteiger partial charge in [0.15, 0.2) is 11.5 Å². The molecule has 2 N–H and O–H groups in total. The van der Waals surface area contributed by atoms with Crippen molar-refractivity contribution >= 4 is 17.5 Å². The highest BCUT2D eigenvalue weighted by molar-refractivity contribution is 6.39. The van der Waals surface area contributed by atoms with Crippen molar-refractivity contribution in [3.05, 3.63) is 53.8 Å². The van der Waals surface area contributed by atoms with Crippen LogP contribution in [0.15, 0.2) is 42.5 Å². The normalized spacial score (nSPS) is 16.7. The van der Waals surface area contributed by atoms with Gasteiger partial charge in [-0.15, -0.1) is 0 Å². The quantitative estimate of drug-likeness (QED) is 0.723. The van der Waals surface area contributed by atoms with Crippen LogP contribution in [-0.4, -0.2) is 56.4 Å². The lowest BCUT2D eigenvalue weighted by Gasteiger charge is -2.34. The molecule has 1 unspecified atom stereocenters. The van der Waals surface area contributed by atoms with Crippen LogP contribution in [-0.2, 0) is 14.3 Å². The summed E-state index contributed by atoms with van der Waals surface area (Å²) in [5.74, 6) is -0.812. The van der Waals surface area contributed by atoms with Crippen LogP contribution in [0.2, 0.25) is 0 Å². The zero-order valence-corrected chi connectivity index (χ0v) is 16.2. The molecule has 2 heterocycles. The average Bonchev–Trinajstić information content (AvgIpc) is 3.22. The van der Waals surface area contributed by atoms with Gasteiger partial charge in [-0.25, -0.2) is 4.39 Å². The summed E-state index contributed by atoms with van der Waals surface area (Å²) >= 11 is 0. The number of ether oxygens (including phenoxy) is 3. The number of rotatable bonds is 5. The number of anilines is 1. The number of halogens is 1. The number of morpholine rings is 1. The molecule has 8 nitrogen and oxygen atoms in total. The van der Waals surface area contributed by atoms with Gasteiger partial charge in [-0.2, -0.15) is 0 Å². The molecule has 2 aliphatic heterocycles. The number of hydrogen-bond donors (Lipinski definition) is 2. The molecule has 4 rings (SSSR count). The maximum absolute atomic E-state index is 13.3. The molecule has 0 spiro atoms. The minimum Gasteiger partial charge on any atom is -0.454 e. The SMILES string of the molecule is O=C(NCC(c1ccc2c(c1)OCO2)N1CCOCC1)C(=O)Nc1cccc(F)c1. The van der Waals surface area contributed by atoms with E-state index >= 15 is 0 Å². The molecule has 2 aromatic rings. The second kappa shape index (κ2) is 9.10. The summed E-state index contributed by atoms with van der Waals surface area (Å²) in [6.45, 7) is 2.98. The number of hydrogen-bond acceptors (Lipinski definition) is 6. The highest BCUT2D eigenvalue weighted by Gasteiger charge is 2.26. The van der Waals surface area contributed by atoms with Crippen LogP contribution < -0.4 is 20.1 Å². The lowest BCUT2D eigenvalue weighted by molar-refractivity contribution is -0.136. The molecule has 9 heteroatoms. The van der Waals surface area contributed by atoms with Gasteiger partial charge in [0.25, 0.3) is 0 Å². The fourth-order valence-electron chi connectivity index (χ4n) is 3.49. The Labute approximate surface area is 172 Å². The molecule has 1 saturated heterocycles. The molecule has 2 aromatic carbocycles. The van der Waals surface area contributed by atoms with Crippen molar-refractivity contribution in [3.8, 4) is 11.5 Å². The van der Waals surface area contributed by atoms with E-state index in [4.69, 9.17) is 14.2 Å². The molecule has 2 amide bonds. The molecule has 0 saturated carbocycles. The third-order valence-corrected chi connectivity index (χ3v) is 5.01. The smallest absolute Gasteiger partial charge is 0.313 e. The average molecular weight is 415 g/mol. The Kier molecular flexibility index (Phi) is 6.10. The van der Waals surface area contributed by atoms with E-state index in [-0.39, 0.29) is 25.1 Å². The molecule has 1 fully saturated rings. The molecule has 0 radical (unpaired) electrons. The molecule has 0 bridgehead atoms. The Hall–Kier alpha value is -3.17. The largest absolute Gasteiger partial charge is 0.454 e. The lowest BCUT2D eigenvalue weighted by Crippen LogP contribution is -2.45. The third kappa shape index (κ3) is 4.69. The van der Waals surface area contributed by atoms with Crippen LogP contribution in [0.25, 0.3) is 0 Å². The Bertz CT molecular complexity index is 933. The molecule has 158 valence electrons. The van der Waals surface area contributed by atoms with Crippen LogP contribution >= 0.6 is 0 Å². The Balaban J connectivity index is 1.43. The van der Waals surface area contributed by atoms with Crippen LogP contribution in [0.5, 0.6) is 11.5 Å². The molecular weight excluding hydrogens is 393 g/mol. The van der Waals surface area contributed by atoms with Crippen LogP contribution in [0.3, 0.4) is 0 Å². The van der Waals surface area contributed by atoms with Crippen molar-refractivity contribution in [1.82, 2.24) is 10.2 Å². The second-order valence-electron chi connectivity index (χ2n) is 6.95. The second-order valence-corrected chi connectivity index (χ2v) is 6.95. The summed E-state index contributed by atoms with van der Waals surface area (Å²) in [4.78, 5) is 26.7. The van der Waals surface area contributed by atoms with Crippen LogP contribution in [0.1, 0.15) is 11.6 Å². The van der Waals surface area contributed by atoms with Gasteiger partial charge in [-0.05, 0) is 35.9 Å². The minimum absolute atomic E-state index is 0.172. The Morgan fingerprint density at radius 2 is 1.83 bits per heavy atom. The van der Waals surface area contributed by atoms with Gasteiger partial charge in [-0.3, -0.25) is 14.5 Å². The fraction of sp³-hybridized carbons (Fsp3) is 0.333. The highest BCUT2D eigenvalue weighted by Crippen LogP contribution is 2.35. The number of nitrogens with zero attached hydrogens (tertiary/aromatic N) is 1. The van der Waals surface area contributed by atoms with Crippen molar-refractivity contribution in [2.75, 3.05) is 45.0 Å². The summed E-state index contributed by atoms with van der Waals surface area (Å²) in [6, 6.07) is 10.9. The van der Waals surface area contributed by atoms with Gasteiger partial charge in [0.2, 0.25) is 6.79 Å². The van der Waals surface area contributed by atoms with Gasteiger partial charge < -0.3 is 24.8 Å². The predicted molar refractivity (Wildman–Crippen MR) is 106 cm³/mol. The first-order valence-corrected chi connectivity index (χ1v) is 9.66. The molecule has 1 atom stereocenters. The summed E-state index contributed by atoms with van der Waals surface area (Å²) < 4.78 is 29.5. The van der Waals surface area contributed by atoms with Crippen LogP contribution in [0.4, 0.5) is 10.1 Å². The van der Waals surface area contributed by atoms with Crippen molar-refractivity contribution < 1.29 is 28.2 Å². The highest BCUT2D eigenvalue weighted by atomic mass is 19.1. The number of fused-ring (bicyclic) bond motifs is 1. The first-order chi connectivity index (χ1) is 14.6. The van der Waals surface area contributed by atoms with Crippen LogP contribution in [0, 0.1) is 5.82 Å². The monoisotopic (exact) mass is 415 g/mol. The van der Waals surface area contributed by atoms with Crippen molar-refractivity contribution in [2.24, 2.45) is 0 Å². The summed E-state index contributed by atoms with van der Waals surface area (Å²) in [7, 11) is 0. The van der Waals surface area contributed by atoms with E-state index in [1.165, 1.54) is 18.2 Å². The Morgan fingerprint density at radius 1 is 1.03 bits per heavy atom. The number of carbonyl (C=O) groups excluding carboxylic acids is 2. The summed E-state index contributed by atoms with van der Waals surface area (Å²) in [5, 5.41) is 5.08. The summed E-state index contributed by atoms with van der Waals surface area (Å²) in [6.07, 6.45) is 0. The zero-order chi connectivity index (χ0) is 20.9. The van der Waals surface area contributed by atoms with E-state index in [9.17, 15) is 14.0 Å². The standard InChI is InChI=1S/C21H22FN3O5/c22-15-2-1-3-16(11-15)24-21(27)20(26)23-12-17(25-6-8-28-9-7-25)14-4-5-18-19(10-14)30-13-29-18/h1-5,10-11,17H,6-9,12-13H2,(H,23,26)(H,24,27). The maximum Gasteiger partial charge on any atom is 0.313 e.